The molecule has 14 nitrogen and oxygen atoms in total. The summed E-state index contributed by atoms with van der Waals surface area (Å²) in [5.41, 5.74) is 5.96. The van der Waals surface area contributed by atoms with Gasteiger partial charge in [-0.1, -0.05) is 12.2 Å². The zero-order chi connectivity index (χ0) is 34.1. The zero-order valence-corrected chi connectivity index (χ0v) is 26.9. The predicted octanol–water partition coefficient (Wildman–Crippen LogP) is 4.14. The Kier molecular flexibility index (Phi) is 11.7. The number of Topliss-reactive ketones (excluding diaryl/α,β-unsaturated/α-hetero) is 1. The van der Waals surface area contributed by atoms with Gasteiger partial charge < -0.3 is 40.2 Å². The molecular formula is C33H41N5O9. The van der Waals surface area contributed by atoms with Crippen molar-refractivity contribution in [1.82, 2.24) is 20.5 Å². The summed E-state index contributed by atoms with van der Waals surface area (Å²) in [6.45, 7) is 1.70. The van der Waals surface area contributed by atoms with Crippen LogP contribution in [0.5, 0.6) is 28.7 Å². The summed E-state index contributed by atoms with van der Waals surface area (Å²) in [4.78, 5) is 43.2. The van der Waals surface area contributed by atoms with Gasteiger partial charge in [-0.25, -0.2) is 4.79 Å². The number of hydrogen-bond acceptors (Lipinski definition) is 12. The van der Waals surface area contributed by atoms with E-state index in [1.165, 1.54) is 27.4 Å². The van der Waals surface area contributed by atoms with Crippen molar-refractivity contribution in [3.8, 4) is 28.7 Å². The lowest BCUT2D eigenvalue weighted by molar-refractivity contribution is -0.121. The zero-order valence-electron chi connectivity index (χ0n) is 26.9. The van der Waals surface area contributed by atoms with Crippen LogP contribution in [0.1, 0.15) is 90.7 Å². The Morgan fingerprint density at radius 3 is 2.45 bits per heavy atom. The molecule has 1 aliphatic heterocycles. The largest absolute Gasteiger partial charge is 0.507 e. The Hall–Kier alpha value is -5.27. The fourth-order valence-electron chi connectivity index (χ4n) is 5.54. The van der Waals surface area contributed by atoms with Gasteiger partial charge >= 0.3 is 5.97 Å². The first-order valence-electron chi connectivity index (χ1n) is 15.3. The second-order valence-corrected chi connectivity index (χ2v) is 11.2. The molecule has 6 N–H and O–H groups in total. The van der Waals surface area contributed by atoms with E-state index in [0.29, 0.717) is 55.7 Å². The standard InChI is InChI=1S/C33H41N5O9/c1-18-9-8-12-21(39)11-7-5-6-10-19-13-23(40)29(30(42)28(19)32(43)47-18)22(16-27(41)35-17-26-36-33(34)38-37-26)20-14-24(44-2)31(46-4)25(15-20)45-3/h6,10,13-15,18,22,40,42H,5,7-9,11-12,16-17H2,1-4H3,(H,35,41)(H3,34,36,37,38)/t18-,22?/m0/s1. The Balaban J connectivity index is 1.84. The number of carbonyl (C=O) groups is 3. The number of phenolic OH excluding ortho intramolecular Hbond substituents is 2. The minimum Gasteiger partial charge on any atom is -0.507 e. The maximum absolute atomic E-state index is 13.6. The number of carbonyl (C=O) groups excluding carboxylic acids is 3. The van der Waals surface area contributed by atoms with Crippen molar-refractivity contribution in [3.05, 3.63) is 52.4 Å². The monoisotopic (exact) mass is 651 g/mol. The topological polar surface area (TPSA) is 208 Å². The van der Waals surface area contributed by atoms with Crippen molar-refractivity contribution < 1.29 is 43.5 Å². The summed E-state index contributed by atoms with van der Waals surface area (Å²) in [7, 11) is 4.32. The van der Waals surface area contributed by atoms with Crippen LogP contribution in [0.3, 0.4) is 0 Å². The summed E-state index contributed by atoms with van der Waals surface area (Å²) in [6.07, 6.45) is 5.55. The molecule has 0 aliphatic carbocycles. The molecular weight excluding hydrogens is 610 g/mol. The lowest BCUT2D eigenvalue weighted by Crippen LogP contribution is -2.26. The van der Waals surface area contributed by atoms with Crippen molar-refractivity contribution in [2.75, 3.05) is 27.1 Å². The van der Waals surface area contributed by atoms with E-state index >= 15 is 0 Å². The smallest absolute Gasteiger partial charge is 0.342 e. The summed E-state index contributed by atoms with van der Waals surface area (Å²) in [5, 5.41) is 32.4. The van der Waals surface area contributed by atoms with Crippen LogP contribution in [-0.2, 0) is 20.9 Å². The number of nitrogens with zero attached hydrogens (tertiary/aromatic N) is 2. The number of esters is 1. The van der Waals surface area contributed by atoms with Crippen molar-refractivity contribution >= 4 is 29.7 Å². The SMILES string of the molecule is COc1cc(C(CC(=O)NCc2nc(N)n[nH]2)c2c(O)cc3c(c2O)C(=O)O[C@@H](C)CCCC(=O)CCCC=C3)cc(OC)c1OC. The van der Waals surface area contributed by atoms with E-state index in [0.717, 1.165) is 0 Å². The van der Waals surface area contributed by atoms with Gasteiger partial charge in [0.15, 0.2) is 11.5 Å². The quantitative estimate of drug-likeness (QED) is 0.207. The van der Waals surface area contributed by atoms with Crippen molar-refractivity contribution in [1.29, 1.82) is 0 Å². The summed E-state index contributed by atoms with van der Waals surface area (Å²) < 4.78 is 22.2. The number of fused-ring (bicyclic) bond motifs is 1. The third kappa shape index (κ3) is 8.51. The van der Waals surface area contributed by atoms with Crippen LogP contribution in [0.2, 0.25) is 0 Å². The number of methoxy groups -OCH3 is 3. The second-order valence-electron chi connectivity index (χ2n) is 11.2. The number of aromatic nitrogens is 3. The first-order valence-corrected chi connectivity index (χ1v) is 15.3. The Morgan fingerprint density at radius 2 is 1.81 bits per heavy atom. The van der Waals surface area contributed by atoms with Crippen LogP contribution in [0.25, 0.3) is 6.08 Å². The number of nitrogens with one attached hydrogen (secondary N) is 2. The minimum atomic E-state index is -1.03. The lowest BCUT2D eigenvalue weighted by Gasteiger charge is -2.24. The van der Waals surface area contributed by atoms with E-state index in [1.807, 2.05) is 0 Å². The van der Waals surface area contributed by atoms with E-state index in [-0.39, 0.29) is 58.6 Å². The summed E-state index contributed by atoms with van der Waals surface area (Å²) in [6, 6.07) is 4.55. The van der Waals surface area contributed by atoms with E-state index in [2.05, 4.69) is 20.5 Å². The van der Waals surface area contributed by atoms with Gasteiger partial charge in [-0.05, 0) is 61.9 Å². The fourth-order valence-corrected chi connectivity index (χ4v) is 5.54. The first-order chi connectivity index (χ1) is 22.6. The van der Waals surface area contributed by atoms with Gasteiger partial charge in [0.05, 0.1) is 34.0 Å². The number of hydrogen-bond donors (Lipinski definition) is 5. The molecule has 1 aliphatic rings. The Morgan fingerprint density at radius 1 is 1.11 bits per heavy atom. The maximum atomic E-state index is 13.6. The number of aromatic amines is 1. The highest BCUT2D eigenvalue weighted by atomic mass is 16.5. The molecule has 0 radical (unpaired) electrons. The number of benzene rings is 2. The average molecular weight is 652 g/mol. The van der Waals surface area contributed by atoms with Crippen LogP contribution in [0.15, 0.2) is 24.3 Å². The van der Waals surface area contributed by atoms with Crippen molar-refractivity contribution in [3.63, 3.8) is 0 Å². The molecule has 47 heavy (non-hydrogen) atoms. The highest BCUT2D eigenvalue weighted by Gasteiger charge is 2.32. The molecule has 1 aromatic heterocycles. The maximum Gasteiger partial charge on any atom is 0.342 e. The molecule has 2 aromatic carbocycles. The second kappa shape index (κ2) is 15.8. The number of allylic oxidation sites excluding steroid dienone is 1. The molecule has 1 amide bonds. The number of phenols is 2. The molecule has 4 rings (SSSR count). The highest BCUT2D eigenvalue weighted by molar-refractivity contribution is 5.98. The molecule has 2 heterocycles. The third-order valence-corrected chi connectivity index (χ3v) is 7.88. The van der Waals surface area contributed by atoms with Crippen LogP contribution >= 0.6 is 0 Å². The predicted molar refractivity (Wildman–Crippen MR) is 172 cm³/mol. The fraction of sp³-hybridized carbons (Fsp3) is 0.424. The summed E-state index contributed by atoms with van der Waals surface area (Å²) >= 11 is 0. The number of ether oxygens (including phenoxy) is 4. The third-order valence-electron chi connectivity index (χ3n) is 7.88. The lowest BCUT2D eigenvalue weighted by atomic mass is 9.84. The number of aromatic hydroxyl groups is 2. The minimum absolute atomic E-state index is 0.0201. The van der Waals surface area contributed by atoms with Crippen molar-refractivity contribution in [2.24, 2.45) is 0 Å². The summed E-state index contributed by atoms with van der Waals surface area (Å²) in [5.74, 6) is -1.88. The molecule has 0 spiro atoms. The van der Waals surface area contributed by atoms with Crippen LogP contribution in [-0.4, -0.2) is 70.5 Å². The Bertz CT molecular complexity index is 1610. The number of nitrogens with two attached hydrogens (primary N) is 1. The van der Waals surface area contributed by atoms with Gasteiger partial charge in [-0.3, -0.25) is 14.7 Å². The van der Waals surface area contributed by atoms with Crippen molar-refractivity contribution in [2.45, 2.75) is 70.4 Å². The molecule has 2 atom stereocenters. The van der Waals surface area contributed by atoms with E-state index in [4.69, 9.17) is 24.7 Å². The normalized spacial score (nSPS) is 16.4. The van der Waals surface area contributed by atoms with Crippen LogP contribution < -0.4 is 25.3 Å². The van der Waals surface area contributed by atoms with Crippen LogP contribution in [0.4, 0.5) is 5.95 Å². The molecule has 252 valence electrons. The van der Waals surface area contributed by atoms with Crippen LogP contribution in [0, 0.1) is 0 Å². The number of anilines is 1. The number of ketones is 1. The molecule has 0 fully saturated rings. The van der Waals surface area contributed by atoms with Gasteiger partial charge in [0.2, 0.25) is 17.6 Å². The highest BCUT2D eigenvalue weighted by Crippen LogP contribution is 2.47. The van der Waals surface area contributed by atoms with Gasteiger partial charge in [-0.2, -0.15) is 4.98 Å². The molecule has 0 saturated carbocycles. The van der Waals surface area contributed by atoms with Gasteiger partial charge in [0.1, 0.15) is 28.7 Å². The molecule has 1 unspecified atom stereocenters. The van der Waals surface area contributed by atoms with E-state index in [9.17, 15) is 24.6 Å². The average Bonchev–Trinajstić information content (AvgIpc) is 3.46. The van der Waals surface area contributed by atoms with Gasteiger partial charge in [-0.15, -0.1) is 5.10 Å². The number of amides is 1. The van der Waals surface area contributed by atoms with Gasteiger partial charge in [0.25, 0.3) is 0 Å². The van der Waals surface area contributed by atoms with E-state index in [1.54, 1.807) is 31.2 Å². The van der Waals surface area contributed by atoms with Gasteiger partial charge in [0, 0.05) is 30.7 Å². The molecule has 0 bridgehead atoms. The number of cyclic esters (lactones) is 1. The number of nitrogen functional groups attached to an aromatic ring is 1. The molecule has 3 aromatic rings. The Labute approximate surface area is 272 Å². The number of H-pyrrole nitrogens is 1. The first kappa shape index (κ1) is 34.6. The molecule has 0 saturated heterocycles. The number of rotatable bonds is 9. The molecule has 14 heteroatoms. The van der Waals surface area contributed by atoms with E-state index < -0.39 is 29.6 Å².